The summed E-state index contributed by atoms with van der Waals surface area (Å²) >= 11 is 0. The standard InChI is InChI=1S/C12H16N2O4/c1-7(11(14)15)6-18-12(16)8-3-4-10(17-2)9(13)5-8/h3-5,7H,6,13H2,1-2H3,(H2,14,15). The highest BCUT2D eigenvalue weighted by Gasteiger charge is 2.14. The second-order valence-corrected chi connectivity index (χ2v) is 3.86. The zero-order valence-electron chi connectivity index (χ0n) is 10.3. The van der Waals surface area contributed by atoms with Crippen LogP contribution >= 0.6 is 0 Å². The molecule has 0 saturated carbocycles. The molecule has 1 aromatic rings. The van der Waals surface area contributed by atoms with Gasteiger partial charge in [-0.2, -0.15) is 0 Å². The lowest BCUT2D eigenvalue weighted by Gasteiger charge is -2.10. The summed E-state index contributed by atoms with van der Waals surface area (Å²) in [6.07, 6.45) is 0. The van der Waals surface area contributed by atoms with E-state index in [-0.39, 0.29) is 6.61 Å². The Morgan fingerprint density at radius 1 is 1.39 bits per heavy atom. The number of anilines is 1. The fourth-order valence-electron chi connectivity index (χ4n) is 1.23. The third-order valence-corrected chi connectivity index (χ3v) is 2.42. The normalized spacial score (nSPS) is 11.7. The Bertz CT molecular complexity index is 459. The van der Waals surface area contributed by atoms with Crippen molar-refractivity contribution in [1.82, 2.24) is 0 Å². The SMILES string of the molecule is COc1ccc(C(=O)OCC(C)C(N)=O)cc1N. The van der Waals surface area contributed by atoms with Crippen molar-refractivity contribution in [3.05, 3.63) is 23.8 Å². The zero-order valence-corrected chi connectivity index (χ0v) is 10.3. The summed E-state index contributed by atoms with van der Waals surface area (Å²) < 4.78 is 9.91. The van der Waals surface area contributed by atoms with Crippen LogP contribution in [0.1, 0.15) is 17.3 Å². The van der Waals surface area contributed by atoms with Gasteiger partial charge in [0.15, 0.2) is 0 Å². The molecule has 1 unspecified atom stereocenters. The van der Waals surface area contributed by atoms with Crippen LogP contribution in [-0.4, -0.2) is 25.6 Å². The highest BCUT2D eigenvalue weighted by atomic mass is 16.5. The van der Waals surface area contributed by atoms with Gasteiger partial charge >= 0.3 is 5.97 Å². The van der Waals surface area contributed by atoms with Gasteiger partial charge in [0.05, 0.1) is 24.3 Å². The number of esters is 1. The number of benzene rings is 1. The molecule has 4 N–H and O–H groups in total. The van der Waals surface area contributed by atoms with Crippen molar-refractivity contribution in [2.45, 2.75) is 6.92 Å². The highest BCUT2D eigenvalue weighted by molar-refractivity contribution is 5.91. The van der Waals surface area contributed by atoms with E-state index in [9.17, 15) is 9.59 Å². The van der Waals surface area contributed by atoms with Crippen LogP contribution in [0.25, 0.3) is 0 Å². The third kappa shape index (κ3) is 3.38. The number of hydrogen-bond donors (Lipinski definition) is 2. The van der Waals surface area contributed by atoms with Gasteiger partial charge in [-0.25, -0.2) is 4.79 Å². The van der Waals surface area contributed by atoms with E-state index in [0.29, 0.717) is 17.0 Å². The summed E-state index contributed by atoms with van der Waals surface area (Å²) in [6.45, 7) is 1.53. The van der Waals surface area contributed by atoms with Gasteiger partial charge in [-0.05, 0) is 18.2 Å². The van der Waals surface area contributed by atoms with Crippen LogP contribution in [0.15, 0.2) is 18.2 Å². The molecule has 0 saturated heterocycles. The molecule has 6 heteroatoms. The molecule has 0 aliphatic rings. The molecule has 0 aliphatic heterocycles. The van der Waals surface area contributed by atoms with Crippen molar-refractivity contribution < 1.29 is 19.1 Å². The number of ether oxygens (including phenoxy) is 2. The van der Waals surface area contributed by atoms with E-state index in [2.05, 4.69) is 0 Å². The van der Waals surface area contributed by atoms with Crippen molar-refractivity contribution in [2.75, 3.05) is 19.5 Å². The number of rotatable bonds is 5. The number of nitrogens with two attached hydrogens (primary N) is 2. The second kappa shape index (κ2) is 5.90. The summed E-state index contributed by atoms with van der Waals surface area (Å²) in [5.41, 5.74) is 11.4. The molecule has 0 radical (unpaired) electrons. The molecular formula is C12H16N2O4. The molecule has 1 amide bonds. The van der Waals surface area contributed by atoms with E-state index in [4.69, 9.17) is 20.9 Å². The van der Waals surface area contributed by atoms with E-state index in [1.165, 1.54) is 19.2 Å². The maximum absolute atomic E-state index is 11.7. The highest BCUT2D eigenvalue weighted by Crippen LogP contribution is 2.22. The van der Waals surface area contributed by atoms with Crippen LogP contribution in [0, 0.1) is 5.92 Å². The maximum atomic E-state index is 11.7. The minimum atomic E-state index is -0.558. The number of nitrogen functional groups attached to an aromatic ring is 1. The van der Waals surface area contributed by atoms with Crippen LogP contribution in [0.3, 0.4) is 0 Å². The summed E-state index contributed by atoms with van der Waals surface area (Å²) in [7, 11) is 1.48. The summed E-state index contributed by atoms with van der Waals surface area (Å²) in [4.78, 5) is 22.4. The van der Waals surface area contributed by atoms with Crippen LogP contribution in [-0.2, 0) is 9.53 Å². The smallest absolute Gasteiger partial charge is 0.338 e. The minimum Gasteiger partial charge on any atom is -0.495 e. The van der Waals surface area contributed by atoms with E-state index < -0.39 is 17.8 Å². The molecule has 1 atom stereocenters. The third-order valence-electron chi connectivity index (χ3n) is 2.42. The van der Waals surface area contributed by atoms with Crippen LogP contribution in [0.2, 0.25) is 0 Å². The molecule has 0 aliphatic carbocycles. The predicted octanol–water partition coefficient (Wildman–Crippen LogP) is 0.556. The molecule has 1 aromatic carbocycles. The molecule has 0 heterocycles. The number of primary amides is 1. The fraction of sp³-hybridized carbons (Fsp3) is 0.333. The monoisotopic (exact) mass is 252 g/mol. The summed E-state index contributed by atoms with van der Waals surface area (Å²) in [5.74, 6) is -1.11. The molecule has 98 valence electrons. The van der Waals surface area contributed by atoms with Crippen molar-refractivity contribution in [1.29, 1.82) is 0 Å². The number of amides is 1. The van der Waals surface area contributed by atoms with Crippen molar-refractivity contribution in [3.63, 3.8) is 0 Å². The first-order valence-electron chi connectivity index (χ1n) is 5.35. The summed E-state index contributed by atoms with van der Waals surface area (Å²) in [5, 5.41) is 0. The van der Waals surface area contributed by atoms with Gasteiger partial charge in [0.2, 0.25) is 5.91 Å². The topological polar surface area (TPSA) is 105 Å². The average Bonchev–Trinajstić information content (AvgIpc) is 2.35. The van der Waals surface area contributed by atoms with Crippen LogP contribution < -0.4 is 16.2 Å². The fourth-order valence-corrected chi connectivity index (χ4v) is 1.23. The minimum absolute atomic E-state index is 0.0555. The lowest BCUT2D eigenvalue weighted by molar-refractivity contribution is -0.122. The zero-order chi connectivity index (χ0) is 13.7. The van der Waals surface area contributed by atoms with Gasteiger partial charge in [0, 0.05) is 0 Å². The van der Waals surface area contributed by atoms with Gasteiger partial charge in [-0.3, -0.25) is 4.79 Å². The molecule has 0 aromatic heterocycles. The lowest BCUT2D eigenvalue weighted by Crippen LogP contribution is -2.25. The first-order chi connectivity index (χ1) is 8.45. The van der Waals surface area contributed by atoms with Gasteiger partial charge in [-0.15, -0.1) is 0 Å². The van der Waals surface area contributed by atoms with Gasteiger partial charge in [-0.1, -0.05) is 6.92 Å². The Kier molecular flexibility index (Phi) is 4.53. The van der Waals surface area contributed by atoms with Crippen LogP contribution in [0.5, 0.6) is 5.75 Å². The van der Waals surface area contributed by atoms with E-state index >= 15 is 0 Å². The van der Waals surface area contributed by atoms with Crippen molar-refractivity contribution >= 4 is 17.6 Å². The molecule has 0 bridgehead atoms. The lowest BCUT2D eigenvalue weighted by atomic mass is 10.2. The first kappa shape index (κ1) is 13.8. The predicted molar refractivity (Wildman–Crippen MR) is 66.0 cm³/mol. The number of methoxy groups -OCH3 is 1. The number of carbonyl (C=O) groups excluding carboxylic acids is 2. The Labute approximate surface area is 105 Å². The molecule has 1 rings (SSSR count). The van der Waals surface area contributed by atoms with Crippen molar-refractivity contribution in [2.24, 2.45) is 11.7 Å². The van der Waals surface area contributed by atoms with Gasteiger partial charge in [0.1, 0.15) is 12.4 Å². The van der Waals surface area contributed by atoms with Crippen LogP contribution in [0.4, 0.5) is 5.69 Å². The quantitative estimate of drug-likeness (QED) is 0.588. The molecule has 18 heavy (non-hydrogen) atoms. The second-order valence-electron chi connectivity index (χ2n) is 3.86. The maximum Gasteiger partial charge on any atom is 0.338 e. The Morgan fingerprint density at radius 3 is 2.56 bits per heavy atom. The van der Waals surface area contributed by atoms with E-state index in [1.807, 2.05) is 0 Å². The van der Waals surface area contributed by atoms with Gasteiger partial charge < -0.3 is 20.9 Å². The Balaban J connectivity index is 2.67. The Hall–Kier alpha value is -2.24. The molecule has 0 fully saturated rings. The first-order valence-corrected chi connectivity index (χ1v) is 5.35. The largest absolute Gasteiger partial charge is 0.495 e. The molecule has 6 nitrogen and oxygen atoms in total. The molecular weight excluding hydrogens is 236 g/mol. The average molecular weight is 252 g/mol. The van der Waals surface area contributed by atoms with E-state index in [0.717, 1.165) is 0 Å². The number of carbonyl (C=O) groups is 2. The van der Waals surface area contributed by atoms with Gasteiger partial charge in [0.25, 0.3) is 0 Å². The molecule has 0 spiro atoms. The van der Waals surface area contributed by atoms with E-state index in [1.54, 1.807) is 13.0 Å². The summed E-state index contributed by atoms with van der Waals surface area (Å²) in [6, 6.07) is 4.56. The van der Waals surface area contributed by atoms with Crippen molar-refractivity contribution in [3.8, 4) is 5.75 Å². The Morgan fingerprint density at radius 2 is 2.06 bits per heavy atom. The number of hydrogen-bond acceptors (Lipinski definition) is 5.